The summed E-state index contributed by atoms with van der Waals surface area (Å²) in [6, 6.07) is 20.1. The Morgan fingerprint density at radius 2 is 1.48 bits per heavy atom. The zero-order valence-electron chi connectivity index (χ0n) is 17.2. The molecule has 4 aromatic rings. The minimum atomic E-state index is -0.212. The van der Waals surface area contributed by atoms with Crippen LogP contribution >= 0.6 is 0 Å². The fraction of sp³-hybridized carbons (Fsp3) is 0.138. The second-order valence-corrected chi connectivity index (χ2v) is 8.41. The average molecular weight is 404 g/mol. The van der Waals surface area contributed by atoms with E-state index in [0.29, 0.717) is 0 Å². The van der Waals surface area contributed by atoms with Gasteiger partial charge >= 0.3 is 0 Å². The Bertz CT molecular complexity index is 1360. The number of aromatic nitrogens is 1. The Balaban J connectivity index is 1.63. The molecule has 0 spiro atoms. The summed E-state index contributed by atoms with van der Waals surface area (Å²) in [5.74, 6) is -0.212. The lowest BCUT2D eigenvalue weighted by Crippen LogP contribution is -2.07. The number of rotatable bonds is 2. The number of halogens is 1. The van der Waals surface area contributed by atoms with E-state index in [1.807, 2.05) is 36.7 Å². The van der Waals surface area contributed by atoms with Crippen LogP contribution in [0.5, 0.6) is 0 Å². The number of hydrogen-bond donors (Lipinski definition) is 0. The molecule has 2 aliphatic rings. The van der Waals surface area contributed by atoms with Crippen LogP contribution in [-0.4, -0.2) is 4.98 Å². The van der Waals surface area contributed by atoms with E-state index >= 15 is 0 Å². The van der Waals surface area contributed by atoms with Crippen LogP contribution in [0, 0.1) is 5.82 Å². The van der Waals surface area contributed by atoms with Crippen LogP contribution in [0.4, 0.5) is 4.39 Å². The van der Waals surface area contributed by atoms with Crippen LogP contribution in [0.1, 0.15) is 30.4 Å². The predicted octanol–water partition coefficient (Wildman–Crippen LogP) is 7.76. The molecular formula is C29H22FN. The van der Waals surface area contributed by atoms with Gasteiger partial charge in [-0.15, -0.1) is 0 Å². The molecule has 0 N–H and O–H groups in total. The molecule has 0 saturated heterocycles. The largest absolute Gasteiger partial charge is 0.265 e. The highest BCUT2D eigenvalue weighted by molar-refractivity contribution is 6.00. The summed E-state index contributed by atoms with van der Waals surface area (Å²) in [7, 11) is 0. The van der Waals surface area contributed by atoms with Gasteiger partial charge in [0, 0.05) is 12.4 Å². The SMILES string of the molecule is Fc1ccc(-c2cc3c4c(ccc3cc2-c2ccncc2)C2=C(CCC=C2)CC4)cc1. The summed E-state index contributed by atoms with van der Waals surface area (Å²) >= 11 is 0. The monoisotopic (exact) mass is 403 g/mol. The van der Waals surface area contributed by atoms with Gasteiger partial charge < -0.3 is 0 Å². The van der Waals surface area contributed by atoms with Crippen LogP contribution in [0.2, 0.25) is 0 Å². The van der Waals surface area contributed by atoms with Crippen molar-refractivity contribution in [1.29, 1.82) is 0 Å². The van der Waals surface area contributed by atoms with Gasteiger partial charge in [0.1, 0.15) is 5.82 Å². The van der Waals surface area contributed by atoms with Gasteiger partial charge in [-0.25, -0.2) is 4.39 Å². The van der Waals surface area contributed by atoms with E-state index in [2.05, 4.69) is 41.4 Å². The van der Waals surface area contributed by atoms with Gasteiger partial charge in [0.2, 0.25) is 0 Å². The summed E-state index contributed by atoms with van der Waals surface area (Å²) in [4.78, 5) is 4.18. The highest BCUT2D eigenvalue weighted by Gasteiger charge is 2.21. The van der Waals surface area contributed by atoms with Gasteiger partial charge in [-0.1, -0.05) is 42.0 Å². The average Bonchev–Trinajstić information content (AvgIpc) is 2.84. The number of fused-ring (bicyclic) bond motifs is 4. The normalized spacial score (nSPS) is 15.1. The molecule has 1 nitrogen and oxygen atoms in total. The molecule has 150 valence electrons. The molecule has 0 radical (unpaired) electrons. The summed E-state index contributed by atoms with van der Waals surface area (Å²) < 4.78 is 13.6. The first-order valence-corrected chi connectivity index (χ1v) is 10.9. The molecule has 0 unspecified atom stereocenters. The zero-order valence-corrected chi connectivity index (χ0v) is 17.2. The van der Waals surface area contributed by atoms with Crippen molar-refractivity contribution < 1.29 is 4.39 Å². The molecule has 0 aliphatic heterocycles. The second-order valence-electron chi connectivity index (χ2n) is 8.41. The van der Waals surface area contributed by atoms with Gasteiger partial charge in [-0.05, 0) is 112 Å². The van der Waals surface area contributed by atoms with E-state index in [0.717, 1.165) is 41.5 Å². The molecule has 0 saturated carbocycles. The highest BCUT2D eigenvalue weighted by atomic mass is 19.1. The van der Waals surface area contributed by atoms with Crippen molar-refractivity contribution in [2.75, 3.05) is 0 Å². The third kappa shape index (κ3) is 3.11. The molecule has 31 heavy (non-hydrogen) atoms. The molecule has 1 aromatic heterocycles. The Morgan fingerprint density at radius 1 is 0.710 bits per heavy atom. The molecular weight excluding hydrogens is 381 g/mol. The Morgan fingerprint density at radius 3 is 2.32 bits per heavy atom. The number of aryl methyl sites for hydroxylation is 1. The number of benzene rings is 3. The van der Waals surface area contributed by atoms with Crippen LogP contribution < -0.4 is 0 Å². The summed E-state index contributed by atoms with van der Waals surface area (Å²) in [5, 5.41) is 2.56. The second kappa shape index (κ2) is 7.31. The van der Waals surface area contributed by atoms with Gasteiger partial charge in [0.15, 0.2) is 0 Å². The number of allylic oxidation sites excluding steroid dienone is 4. The molecule has 1 heterocycles. The standard InChI is InChI=1S/C29H22FN/c30-23-9-5-20(6-10-23)28-18-29-22(17-27(28)21-13-15-31-16-14-21)8-12-25-24-4-2-1-3-19(24)7-11-26(25)29/h2,4-6,8-10,12-18H,1,3,7,11H2. The highest BCUT2D eigenvalue weighted by Crippen LogP contribution is 2.43. The number of nitrogens with zero attached hydrogens (tertiary/aromatic N) is 1. The van der Waals surface area contributed by atoms with E-state index in [1.54, 1.807) is 17.7 Å². The van der Waals surface area contributed by atoms with E-state index < -0.39 is 0 Å². The van der Waals surface area contributed by atoms with Crippen LogP contribution in [0.25, 0.3) is 38.6 Å². The molecule has 3 aromatic carbocycles. The number of pyridine rings is 1. The van der Waals surface area contributed by atoms with Crippen molar-refractivity contribution in [2.45, 2.75) is 25.7 Å². The van der Waals surface area contributed by atoms with Crippen molar-refractivity contribution in [1.82, 2.24) is 4.98 Å². The topological polar surface area (TPSA) is 12.9 Å². The van der Waals surface area contributed by atoms with Crippen molar-refractivity contribution in [3.05, 3.63) is 108 Å². The van der Waals surface area contributed by atoms with Crippen molar-refractivity contribution >= 4 is 16.3 Å². The van der Waals surface area contributed by atoms with Crippen molar-refractivity contribution in [3.8, 4) is 22.3 Å². The maximum Gasteiger partial charge on any atom is 0.123 e. The Kier molecular flexibility index (Phi) is 4.31. The van der Waals surface area contributed by atoms with Crippen LogP contribution in [-0.2, 0) is 6.42 Å². The van der Waals surface area contributed by atoms with E-state index in [-0.39, 0.29) is 5.82 Å². The quantitative estimate of drug-likeness (QED) is 0.333. The Labute approximate surface area is 181 Å². The maximum atomic E-state index is 13.6. The lowest BCUT2D eigenvalue weighted by atomic mass is 9.79. The summed E-state index contributed by atoms with van der Waals surface area (Å²) in [6.45, 7) is 0. The molecule has 0 fully saturated rings. The van der Waals surface area contributed by atoms with E-state index in [1.165, 1.54) is 33.9 Å². The first-order valence-electron chi connectivity index (χ1n) is 10.9. The molecule has 0 atom stereocenters. The van der Waals surface area contributed by atoms with Crippen molar-refractivity contribution in [3.63, 3.8) is 0 Å². The third-order valence-corrected chi connectivity index (χ3v) is 6.66. The summed E-state index contributed by atoms with van der Waals surface area (Å²) in [5.41, 5.74) is 10.3. The van der Waals surface area contributed by atoms with Crippen LogP contribution in [0.15, 0.2) is 90.8 Å². The molecule has 2 aliphatic carbocycles. The van der Waals surface area contributed by atoms with Gasteiger partial charge in [0.25, 0.3) is 0 Å². The van der Waals surface area contributed by atoms with Crippen LogP contribution in [0.3, 0.4) is 0 Å². The smallest absolute Gasteiger partial charge is 0.123 e. The van der Waals surface area contributed by atoms with Gasteiger partial charge in [-0.3, -0.25) is 4.98 Å². The van der Waals surface area contributed by atoms with E-state index in [9.17, 15) is 4.39 Å². The minimum absolute atomic E-state index is 0.212. The Hall–Kier alpha value is -3.52. The molecule has 0 bridgehead atoms. The minimum Gasteiger partial charge on any atom is -0.265 e. The number of hydrogen-bond acceptors (Lipinski definition) is 1. The summed E-state index contributed by atoms with van der Waals surface area (Å²) in [6.07, 6.45) is 12.8. The van der Waals surface area contributed by atoms with Crippen molar-refractivity contribution in [2.24, 2.45) is 0 Å². The van der Waals surface area contributed by atoms with Gasteiger partial charge in [0.05, 0.1) is 0 Å². The maximum absolute atomic E-state index is 13.6. The van der Waals surface area contributed by atoms with Gasteiger partial charge in [-0.2, -0.15) is 0 Å². The fourth-order valence-electron chi connectivity index (χ4n) is 5.12. The molecule has 6 rings (SSSR count). The lowest BCUT2D eigenvalue weighted by molar-refractivity contribution is 0.628. The zero-order chi connectivity index (χ0) is 20.8. The third-order valence-electron chi connectivity index (χ3n) is 6.66. The fourth-order valence-corrected chi connectivity index (χ4v) is 5.12. The predicted molar refractivity (Wildman–Crippen MR) is 126 cm³/mol. The lowest BCUT2D eigenvalue weighted by Gasteiger charge is -2.26. The molecule has 2 heteroatoms. The molecule has 0 amide bonds. The first kappa shape index (κ1) is 18.3. The first-order chi connectivity index (χ1) is 15.3. The van der Waals surface area contributed by atoms with E-state index in [4.69, 9.17) is 0 Å².